The molecule has 2 nitrogen and oxygen atoms in total. The van der Waals surface area contributed by atoms with Crippen LogP contribution in [0.1, 0.15) is 46.5 Å². The average molecular weight is 276 g/mol. The Morgan fingerprint density at radius 2 is 2.15 bits per heavy atom. The van der Waals surface area contributed by atoms with E-state index in [2.05, 4.69) is 32.9 Å². The smallest absolute Gasteiger partial charge is 0.0982 e. The molecule has 3 fully saturated rings. The van der Waals surface area contributed by atoms with Crippen LogP contribution in [0.15, 0.2) is 12.2 Å². The van der Waals surface area contributed by atoms with Crippen molar-refractivity contribution in [1.29, 1.82) is 0 Å². The van der Waals surface area contributed by atoms with Gasteiger partial charge in [-0.15, -0.1) is 0 Å². The van der Waals surface area contributed by atoms with Gasteiger partial charge < -0.3 is 9.84 Å². The number of fused-ring (bicyclic) bond motifs is 7. The van der Waals surface area contributed by atoms with Crippen LogP contribution in [0.4, 0.5) is 0 Å². The van der Waals surface area contributed by atoms with E-state index in [1.807, 2.05) is 0 Å². The molecule has 1 saturated carbocycles. The summed E-state index contributed by atoms with van der Waals surface area (Å²) in [5.74, 6) is 4.01. The van der Waals surface area contributed by atoms with Gasteiger partial charge in [0, 0.05) is 5.92 Å². The summed E-state index contributed by atoms with van der Waals surface area (Å²) in [6.07, 6.45) is 9.42. The second kappa shape index (κ2) is 4.33. The van der Waals surface area contributed by atoms with Crippen LogP contribution in [0.3, 0.4) is 0 Å². The van der Waals surface area contributed by atoms with Crippen molar-refractivity contribution < 1.29 is 9.84 Å². The van der Waals surface area contributed by atoms with Crippen molar-refractivity contribution in [3.05, 3.63) is 12.2 Å². The Morgan fingerprint density at radius 3 is 2.90 bits per heavy atom. The molecule has 2 heteroatoms. The Balaban J connectivity index is 1.75. The fraction of sp³-hybridized carbons (Fsp3) is 0.889. The number of ether oxygens (including phenoxy) is 1. The zero-order chi connectivity index (χ0) is 14.1. The highest BCUT2D eigenvalue weighted by atomic mass is 16.5. The molecule has 4 aliphatic rings. The van der Waals surface area contributed by atoms with Crippen LogP contribution in [0.5, 0.6) is 0 Å². The molecular formula is C18H28O2. The van der Waals surface area contributed by atoms with Gasteiger partial charge in [0.25, 0.3) is 0 Å². The first-order chi connectivity index (χ1) is 9.56. The molecule has 2 aliphatic heterocycles. The fourth-order valence-electron chi connectivity index (χ4n) is 6.25. The SMILES string of the molecule is CC[C@H]1[C@H]2[C@@H](C[C@H]1C)C[C@H](O)[C@@]1(C)O[C@H]2[C@@H]2CC=C[C@@H]21. The molecule has 0 aromatic heterocycles. The zero-order valence-electron chi connectivity index (χ0n) is 13.0. The topological polar surface area (TPSA) is 29.5 Å². The van der Waals surface area contributed by atoms with Crippen LogP contribution in [-0.4, -0.2) is 22.9 Å². The number of hydrogen-bond acceptors (Lipinski definition) is 2. The normalized spacial score (nSPS) is 60.4. The molecule has 1 N–H and O–H groups in total. The minimum Gasteiger partial charge on any atom is -0.390 e. The van der Waals surface area contributed by atoms with Gasteiger partial charge >= 0.3 is 0 Å². The molecule has 112 valence electrons. The van der Waals surface area contributed by atoms with Gasteiger partial charge in [0.1, 0.15) is 0 Å². The molecule has 0 aromatic carbocycles. The Hall–Kier alpha value is -0.340. The summed E-state index contributed by atoms with van der Waals surface area (Å²) in [4.78, 5) is 0. The molecule has 0 unspecified atom stereocenters. The van der Waals surface area contributed by atoms with Gasteiger partial charge in [0.2, 0.25) is 0 Å². The second-order valence-corrected chi connectivity index (χ2v) is 7.99. The Kier molecular flexibility index (Phi) is 2.89. The van der Waals surface area contributed by atoms with Crippen LogP contribution in [0.2, 0.25) is 0 Å². The van der Waals surface area contributed by atoms with E-state index in [1.54, 1.807) is 0 Å². The summed E-state index contributed by atoms with van der Waals surface area (Å²) in [6, 6.07) is 0. The van der Waals surface area contributed by atoms with E-state index in [-0.39, 0.29) is 11.7 Å². The van der Waals surface area contributed by atoms with Crippen molar-refractivity contribution in [2.24, 2.45) is 35.5 Å². The summed E-state index contributed by atoms with van der Waals surface area (Å²) >= 11 is 0. The van der Waals surface area contributed by atoms with E-state index in [0.29, 0.717) is 29.8 Å². The molecule has 2 heterocycles. The molecule has 2 aliphatic carbocycles. The fourth-order valence-corrected chi connectivity index (χ4v) is 6.25. The van der Waals surface area contributed by atoms with Crippen molar-refractivity contribution in [1.82, 2.24) is 0 Å². The van der Waals surface area contributed by atoms with Crippen LogP contribution in [0.25, 0.3) is 0 Å². The van der Waals surface area contributed by atoms with Crippen molar-refractivity contribution in [2.75, 3.05) is 0 Å². The first kappa shape index (κ1) is 13.3. The second-order valence-electron chi connectivity index (χ2n) is 7.99. The summed E-state index contributed by atoms with van der Waals surface area (Å²) in [5, 5.41) is 10.8. The van der Waals surface area contributed by atoms with Crippen molar-refractivity contribution in [3.63, 3.8) is 0 Å². The van der Waals surface area contributed by atoms with E-state index in [9.17, 15) is 5.11 Å². The minimum atomic E-state index is -0.325. The van der Waals surface area contributed by atoms with Crippen molar-refractivity contribution in [2.45, 2.75) is 64.3 Å². The van der Waals surface area contributed by atoms with Crippen LogP contribution in [-0.2, 0) is 4.74 Å². The lowest BCUT2D eigenvalue weighted by Gasteiger charge is -2.35. The maximum Gasteiger partial charge on any atom is 0.0982 e. The first-order valence-electron chi connectivity index (χ1n) is 8.58. The van der Waals surface area contributed by atoms with E-state index in [1.165, 1.54) is 12.8 Å². The highest BCUT2D eigenvalue weighted by Crippen LogP contribution is 2.60. The van der Waals surface area contributed by atoms with Gasteiger partial charge in [-0.1, -0.05) is 32.4 Å². The first-order valence-corrected chi connectivity index (χ1v) is 8.58. The summed E-state index contributed by atoms with van der Waals surface area (Å²) in [7, 11) is 0. The van der Waals surface area contributed by atoms with Crippen LogP contribution in [0, 0.1) is 35.5 Å². The van der Waals surface area contributed by atoms with Crippen molar-refractivity contribution >= 4 is 0 Å². The summed E-state index contributed by atoms with van der Waals surface area (Å²) < 4.78 is 6.58. The Bertz CT molecular complexity index is 431. The molecule has 0 spiro atoms. The van der Waals surface area contributed by atoms with Gasteiger partial charge in [-0.2, -0.15) is 0 Å². The number of allylic oxidation sites excluding steroid dienone is 1. The molecular weight excluding hydrogens is 248 g/mol. The van der Waals surface area contributed by atoms with Gasteiger partial charge in [0.15, 0.2) is 0 Å². The Morgan fingerprint density at radius 1 is 1.35 bits per heavy atom. The number of rotatable bonds is 1. The third-order valence-corrected chi connectivity index (χ3v) is 7.17. The molecule has 2 bridgehead atoms. The lowest BCUT2D eigenvalue weighted by atomic mass is 9.68. The highest BCUT2D eigenvalue weighted by Gasteiger charge is 2.63. The standard InChI is InChI=1S/C18H28O2/c1-4-12-10(2)8-11-9-15(19)18(3)14-7-5-6-13(14)17(20-18)16(11)12/h5,7,10-17,19H,4,6,8-9H2,1-3H3/t10-,11+,12-,13-,14+,15+,16-,17+,18+/m1/s1. The van der Waals surface area contributed by atoms with Gasteiger partial charge in [-0.05, 0) is 55.8 Å². The lowest BCUT2D eigenvalue weighted by molar-refractivity contribution is -0.116. The molecule has 2 saturated heterocycles. The number of aliphatic hydroxyl groups is 1. The van der Waals surface area contributed by atoms with Gasteiger partial charge in [-0.25, -0.2) is 0 Å². The predicted octanol–water partition coefficient (Wildman–Crippen LogP) is 3.40. The molecule has 9 atom stereocenters. The zero-order valence-corrected chi connectivity index (χ0v) is 13.0. The summed E-state index contributed by atoms with van der Waals surface area (Å²) in [6.45, 7) is 6.91. The van der Waals surface area contributed by atoms with E-state index in [4.69, 9.17) is 4.74 Å². The van der Waals surface area contributed by atoms with E-state index in [0.717, 1.165) is 24.7 Å². The van der Waals surface area contributed by atoms with Gasteiger partial charge in [-0.3, -0.25) is 0 Å². The maximum absolute atomic E-state index is 10.8. The molecule has 4 rings (SSSR count). The average Bonchev–Trinajstić information content (AvgIpc) is 3.04. The quantitative estimate of drug-likeness (QED) is 0.744. The molecule has 0 aromatic rings. The van der Waals surface area contributed by atoms with Crippen LogP contribution >= 0.6 is 0 Å². The molecule has 20 heavy (non-hydrogen) atoms. The highest BCUT2D eigenvalue weighted by molar-refractivity contribution is 5.19. The third kappa shape index (κ3) is 1.53. The van der Waals surface area contributed by atoms with E-state index >= 15 is 0 Å². The monoisotopic (exact) mass is 276 g/mol. The van der Waals surface area contributed by atoms with Crippen molar-refractivity contribution in [3.8, 4) is 0 Å². The summed E-state index contributed by atoms with van der Waals surface area (Å²) in [5.41, 5.74) is -0.325. The maximum atomic E-state index is 10.8. The van der Waals surface area contributed by atoms with E-state index < -0.39 is 0 Å². The molecule has 0 radical (unpaired) electrons. The minimum absolute atomic E-state index is 0.291. The Labute approximate surface area is 122 Å². The largest absolute Gasteiger partial charge is 0.390 e. The van der Waals surface area contributed by atoms with Gasteiger partial charge in [0.05, 0.1) is 17.8 Å². The molecule has 0 amide bonds. The number of hydrogen-bond donors (Lipinski definition) is 1. The lowest BCUT2D eigenvalue weighted by Crippen LogP contribution is -2.44. The number of aliphatic hydroxyl groups excluding tert-OH is 1. The predicted molar refractivity (Wildman–Crippen MR) is 79.2 cm³/mol. The third-order valence-electron chi connectivity index (χ3n) is 7.17. The van der Waals surface area contributed by atoms with Crippen LogP contribution < -0.4 is 0 Å².